The molecule has 3 nitrogen and oxygen atoms in total. The van der Waals surface area contributed by atoms with Crippen LogP contribution in [0.4, 0.5) is 0 Å². The van der Waals surface area contributed by atoms with Crippen molar-refractivity contribution in [1.29, 1.82) is 0 Å². The Bertz CT molecular complexity index is 552. The van der Waals surface area contributed by atoms with E-state index in [9.17, 15) is 4.79 Å². The Labute approximate surface area is 94.9 Å². The number of nitrogens with zero attached hydrogens (tertiary/aromatic N) is 1. The van der Waals surface area contributed by atoms with E-state index < -0.39 is 5.97 Å². The van der Waals surface area contributed by atoms with Gasteiger partial charge in [-0.15, -0.1) is 0 Å². The van der Waals surface area contributed by atoms with Gasteiger partial charge in [-0.1, -0.05) is 22.0 Å². The smallest absolute Gasteiger partial charge is 0.355 e. The maximum atomic E-state index is 11.0. The van der Waals surface area contributed by atoms with Gasteiger partial charge < -0.3 is 5.11 Å². The predicted molar refractivity (Wildman–Crippen MR) is 61.1 cm³/mol. The van der Waals surface area contributed by atoms with Gasteiger partial charge in [-0.05, 0) is 30.0 Å². The van der Waals surface area contributed by atoms with E-state index in [2.05, 4.69) is 20.9 Å². The number of carboxylic acids is 1. The fourth-order valence-electron chi connectivity index (χ4n) is 1.57. The van der Waals surface area contributed by atoms with Gasteiger partial charge in [-0.3, -0.25) is 0 Å². The van der Waals surface area contributed by atoms with Crippen LogP contribution in [0.2, 0.25) is 0 Å². The van der Waals surface area contributed by atoms with Gasteiger partial charge in [0.2, 0.25) is 0 Å². The van der Waals surface area contributed by atoms with Crippen LogP contribution in [-0.2, 0) is 0 Å². The highest BCUT2D eigenvalue weighted by atomic mass is 79.9. The zero-order chi connectivity index (χ0) is 11.0. The number of fused-ring (bicyclic) bond motifs is 1. The minimum Gasteiger partial charge on any atom is -0.476 e. The normalized spacial score (nSPS) is 10.5. The first kappa shape index (κ1) is 10.1. The van der Waals surface area contributed by atoms with Crippen molar-refractivity contribution in [2.75, 3.05) is 0 Å². The number of benzene rings is 1. The number of hydrogen-bond acceptors (Lipinski definition) is 2. The van der Waals surface area contributed by atoms with E-state index in [0.29, 0.717) is 5.39 Å². The summed E-state index contributed by atoms with van der Waals surface area (Å²) in [7, 11) is 0. The molecule has 76 valence electrons. The number of aromatic carboxylic acids is 1. The van der Waals surface area contributed by atoms with Gasteiger partial charge in [0.05, 0.1) is 0 Å². The fraction of sp³-hybridized carbons (Fsp3) is 0.0909. The maximum Gasteiger partial charge on any atom is 0.355 e. The van der Waals surface area contributed by atoms with Crippen LogP contribution in [0.25, 0.3) is 10.8 Å². The number of carboxylic acid groups (broad SMARTS) is 1. The molecule has 1 aromatic heterocycles. The van der Waals surface area contributed by atoms with Crippen LogP contribution < -0.4 is 0 Å². The molecule has 0 aliphatic rings. The van der Waals surface area contributed by atoms with Crippen LogP contribution >= 0.6 is 15.9 Å². The van der Waals surface area contributed by atoms with Crippen molar-refractivity contribution in [2.24, 2.45) is 0 Å². The largest absolute Gasteiger partial charge is 0.476 e. The minimum absolute atomic E-state index is 0.0862. The van der Waals surface area contributed by atoms with Crippen molar-refractivity contribution in [3.8, 4) is 0 Å². The zero-order valence-corrected chi connectivity index (χ0v) is 9.58. The third-order valence-electron chi connectivity index (χ3n) is 2.30. The molecule has 0 bridgehead atoms. The highest BCUT2D eigenvalue weighted by Crippen LogP contribution is 2.28. The molecule has 15 heavy (non-hydrogen) atoms. The molecule has 0 saturated heterocycles. The van der Waals surface area contributed by atoms with E-state index in [1.54, 1.807) is 0 Å². The molecule has 0 saturated carbocycles. The van der Waals surface area contributed by atoms with Crippen LogP contribution in [-0.4, -0.2) is 16.1 Å². The van der Waals surface area contributed by atoms with Crippen molar-refractivity contribution >= 4 is 32.7 Å². The molecular formula is C11H8BrNO2. The highest BCUT2D eigenvalue weighted by Gasteiger charge is 2.13. The SMILES string of the molecule is Cc1ccc(Br)c2c(C(=O)O)nccc12. The molecule has 2 aromatic rings. The van der Waals surface area contributed by atoms with E-state index in [1.807, 2.05) is 25.1 Å². The summed E-state index contributed by atoms with van der Waals surface area (Å²) in [4.78, 5) is 14.9. The highest BCUT2D eigenvalue weighted by molar-refractivity contribution is 9.10. The van der Waals surface area contributed by atoms with Crippen LogP contribution in [0.5, 0.6) is 0 Å². The predicted octanol–water partition coefficient (Wildman–Crippen LogP) is 3.00. The second-order valence-electron chi connectivity index (χ2n) is 3.25. The van der Waals surface area contributed by atoms with E-state index in [4.69, 9.17) is 5.11 Å². The molecule has 0 aliphatic heterocycles. The summed E-state index contributed by atoms with van der Waals surface area (Å²) < 4.78 is 0.758. The zero-order valence-electron chi connectivity index (χ0n) is 7.99. The molecule has 4 heteroatoms. The van der Waals surface area contributed by atoms with E-state index in [1.165, 1.54) is 6.20 Å². The first-order chi connectivity index (χ1) is 7.11. The first-order valence-corrected chi connectivity index (χ1v) is 5.17. The van der Waals surface area contributed by atoms with Crippen LogP contribution in [0.15, 0.2) is 28.9 Å². The summed E-state index contributed by atoms with van der Waals surface area (Å²) in [6.07, 6.45) is 1.52. The van der Waals surface area contributed by atoms with Crippen molar-refractivity contribution in [3.63, 3.8) is 0 Å². The number of carbonyl (C=O) groups is 1. The molecular weight excluding hydrogens is 258 g/mol. The van der Waals surface area contributed by atoms with E-state index in [-0.39, 0.29) is 5.69 Å². The quantitative estimate of drug-likeness (QED) is 0.863. The van der Waals surface area contributed by atoms with Gasteiger partial charge in [0.1, 0.15) is 0 Å². The Morgan fingerprint density at radius 2 is 2.13 bits per heavy atom. The van der Waals surface area contributed by atoms with E-state index >= 15 is 0 Å². The van der Waals surface area contributed by atoms with Gasteiger partial charge >= 0.3 is 5.97 Å². The molecule has 1 aromatic carbocycles. The Morgan fingerprint density at radius 1 is 1.40 bits per heavy atom. The monoisotopic (exact) mass is 265 g/mol. The Morgan fingerprint density at radius 3 is 2.80 bits per heavy atom. The topological polar surface area (TPSA) is 50.2 Å². The molecule has 0 radical (unpaired) electrons. The molecule has 0 atom stereocenters. The van der Waals surface area contributed by atoms with Crippen molar-refractivity contribution < 1.29 is 9.90 Å². The summed E-state index contributed by atoms with van der Waals surface area (Å²) >= 11 is 3.35. The second kappa shape index (κ2) is 3.62. The summed E-state index contributed by atoms with van der Waals surface area (Å²) in [5, 5.41) is 10.6. The summed E-state index contributed by atoms with van der Waals surface area (Å²) in [5.74, 6) is -1.01. The van der Waals surface area contributed by atoms with Gasteiger partial charge in [-0.25, -0.2) is 9.78 Å². The third-order valence-corrected chi connectivity index (χ3v) is 2.96. The minimum atomic E-state index is -1.01. The fourth-order valence-corrected chi connectivity index (χ4v) is 2.10. The Hall–Kier alpha value is -1.42. The average Bonchev–Trinajstić information content (AvgIpc) is 2.23. The number of hydrogen-bond donors (Lipinski definition) is 1. The standard InChI is InChI=1S/C11H8BrNO2/c1-6-2-3-8(12)9-7(6)4-5-13-10(9)11(14)15/h2-5H,1H3,(H,14,15). The number of rotatable bonds is 1. The van der Waals surface area contributed by atoms with Crippen molar-refractivity contribution in [3.05, 3.63) is 40.1 Å². The van der Waals surface area contributed by atoms with Crippen LogP contribution in [0.1, 0.15) is 16.1 Å². The lowest BCUT2D eigenvalue weighted by atomic mass is 10.1. The first-order valence-electron chi connectivity index (χ1n) is 4.38. The van der Waals surface area contributed by atoms with Crippen LogP contribution in [0, 0.1) is 6.92 Å². The Kier molecular flexibility index (Phi) is 2.44. The second-order valence-corrected chi connectivity index (χ2v) is 4.11. The lowest BCUT2D eigenvalue weighted by molar-refractivity contribution is 0.0693. The summed E-state index contributed by atoms with van der Waals surface area (Å²) in [6, 6.07) is 5.60. The van der Waals surface area contributed by atoms with Gasteiger partial charge in [-0.2, -0.15) is 0 Å². The van der Waals surface area contributed by atoms with Crippen molar-refractivity contribution in [1.82, 2.24) is 4.98 Å². The molecule has 0 fully saturated rings. The van der Waals surface area contributed by atoms with E-state index in [0.717, 1.165) is 15.4 Å². The lowest BCUT2D eigenvalue weighted by Gasteiger charge is -2.06. The molecule has 1 heterocycles. The molecule has 0 spiro atoms. The molecule has 0 unspecified atom stereocenters. The number of pyridine rings is 1. The number of aromatic nitrogens is 1. The number of halogens is 1. The Balaban J connectivity index is 2.96. The third kappa shape index (κ3) is 1.61. The molecule has 1 N–H and O–H groups in total. The molecule has 0 amide bonds. The average molecular weight is 266 g/mol. The van der Waals surface area contributed by atoms with Gasteiger partial charge in [0, 0.05) is 16.1 Å². The van der Waals surface area contributed by atoms with Crippen molar-refractivity contribution in [2.45, 2.75) is 6.92 Å². The number of aryl methyl sites for hydroxylation is 1. The van der Waals surface area contributed by atoms with Crippen LogP contribution in [0.3, 0.4) is 0 Å². The molecule has 2 rings (SSSR count). The summed E-state index contributed by atoms with van der Waals surface area (Å²) in [5.41, 5.74) is 1.13. The van der Waals surface area contributed by atoms with Gasteiger partial charge in [0.25, 0.3) is 0 Å². The summed E-state index contributed by atoms with van der Waals surface area (Å²) in [6.45, 7) is 1.94. The van der Waals surface area contributed by atoms with Gasteiger partial charge in [0.15, 0.2) is 5.69 Å². The lowest BCUT2D eigenvalue weighted by Crippen LogP contribution is -2.01. The maximum absolute atomic E-state index is 11.0. The molecule has 0 aliphatic carbocycles.